The van der Waals surface area contributed by atoms with E-state index in [2.05, 4.69) is 0 Å². The molecule has 0 unspecified atom stereocenters. The molecule has 0 bridgehead atoms. The molecule has 1 rings (SSSR count). The quantitative estimate of drug-likeness (QED) is 0.649. The van der Waals surface area contributed by atoms with Gasteiger partial charge >= 0.3 is 5.69 Å². The van der Waals surface area contributed by atoms with Crippen LogP contribution in [0.1, 0.15) is 13.8 Å². The van der Waals surface area contributed by atoms with E-state index < -0.39 is 42.8 Å². The summed E-state index contributed by atoms with van der Waals surface area (Å²) < 4.78 is 51.8. The van der Waals surface area contributed by atoms with Gasteiger partial charge in [0.2, 0.25) is 15.8 Å². The minimum Gasteiger partial charge on any atom is -0.389 e. The maximum atomic E-state index is 13.7. The molecule has 0 saturated carbocycles. The lowest BCUT2D eigenvalue weighted by molar-refractivity contribution is -0.387. The maximum Gasteiger partial charge on any atom is 0.306 e. The number of benzene rings is 1. The number of halogens is 2. The molecule has 0 radical (unpaired) electrons. The van der Waals surface area contributed by atoms with Crippen molar-refractivity contribution in [2.45, 2.75) is 24.3 Å². The zero-order valence-electron chi connectivity index (χ0n) is 11.5. The van der Waals surface area contributed by atoms with E-state index in [4.69, 9.17) is 0 Å². The van der Waals surface area contributed by atoms with Crippen LogP contribution in [0, 0.1) is 21.7 Å². The second kappa shape index (κ2) is 5.62. The van der Waals surface area contributed by atoms with Gasteiger partial charge in [-0.05, 0) is 13.8 Å². The molecular formula is C11H14F2N2O5S. The Bertz CT molecular complexity index is 670. The van der Waals surface area contributed by atoms with Crippen molar-refractivity contribution in [1.29, 1.82) is 0 Å². The van der Waals surface area contributed by atoms with Crippen LogP contribution in [0.2, 0.25) is 0 Å². The summed E-state index contributed by atoms with van der Waals surface area (Å²) in [5.41, 5.74) is -2.55. The lowest BCUT2D eigenvalue weighted by Gasteiger charge is -2.25. The summed E-state index contributed by atoms with van der Waals surface area (Å²) in [4.78, 5) is 8.43. The number of hydrogen-bond donors (Lipinski definition) is 1. The molecule has 0 fully saturated rings. The number of likely N-dealkylation sites (N-methyl/N-ethyl adjacent to an activating group) is 1. The third-order valence-corrected chi connectivity index (χ3v) is 4.31. The standard InChI is InChI=1S/C11H14F2N2O5S/c1-11(2,16)6-14(3)21(19,20)10-5-9(15(17)18)7(12)4-8(10)13/h4-5,16H,6H2,1-3H3. The molecule has 0 heterocycles. The highest BCUT2D eigenvalue weighted by Gasteiger charge is 2.31. The molecule has 1 aromatic rings. The highest BCUT2D eigenvalue weighted by Crippen LogP contribution is 2.27. The van der Waals surface area contributed by atoms with Crippen LogP contribution in [0.4, 0.5) is 14.5 Å². The lowest BCUT2D eigenvalue weighted by atomic mass is 10.1. The molecule has 0 aliphatic heterocycles. The van der Waals surface area contributed by atoms with Crippen molar-refractivity contribution in [3.05, 3.63) is 33.9 Å². The number of nitro benzene ring substituents is 1. The molecular weight excluding hydrogens is 310 g/mol. The Labute approximate surface area is 120 Å². The Kier molecular flexibility index (Phi) is 4.66. The summed E-state index contributed by atoms with van der Waals surface area (Å²) >= 11 is 0. The second-order valence-corrected chi connectivity index (χ2v) is 7.08. The van der Waals surface area contributed by atoms with E-state index in [1.807, 2.05) is 0 Å². The number of rotatable bonds is 5. The van der Waals surface area contributed by atoms with Crippen molar-refractivity contribution in [1.82, 2.24) is 4.31 Å². The summed E-state index contributed by atoms with van der Waals surface area (Å²) in [5, 5.41) is 20.2. The van der Waals surface area contributed by atoms with E-state index in [9.17, 15) is 32.4 Å². The van der Waals surface area contributed by atoms with Crippen LogP contribution < -0.4 is 0 Å². The fraction of sp³-hybridized carbons (Fsp3) is 0.455. The number of nitrogens with zero attached hydrogens (tertiary/aromatic N) is 2. The van der Waals surface area contributed by atoms with Gasteiger partial charge in [0.05, 0.1) is 10.5 Å². The van der Waals surface area contributed by atoms with E-state index in [1.165, 1.54) is 13.8 Å². The van der Waals surface area contributed by atoms with Crippen molar-refractivity contribution in [2.24, 2.45) is 0 Å². The van der Waals surface area contributed by atoms with Crippen molar-refractivity contribution in [3.63, 3.8) is 0 Å². The van der Waals surface area contributed by atoms with Gasteiger partial charge in [-0.3, -0.25) is 10.1 Å². The first kappa shape index (κ1) is 17.4. The topological polar surface area (TPSA) is 101 Å². The summed E-state index contributed by atoms with van der Waals surface area (Å²) in [6.45, 7) is 2.30. The van der Waals surface area contributed by atoms with Gasteiger partial charge in [-0.2, -0.15) is 8.70 Å². The Balaban J connectivity index is 3.38. The predicted molar refractivity (Wildman–Crippen MR) is 69.1 cm³/mol. The second-order valence-electron chi connectivity index (χ2n) is 5.06. The van der Waals surface area contributed by atoms with E-state index in [0.717, 1.165) is 7.05 Å². The SMILES string of the molecule is CN(CC(C)(C)O)S(=O)(=O)c1cc([N+](=O)[O-])c(F)cc1F. The minimum absolute atomic E-state index is 0.142. The minimum atomic E-state index is -4.45. The third-order valence-electron chi connectivity index (χ3n) is 2.50. The predicted octanol–water partition coefficient (Wildman–Crippen LogP) is 1.26. The van der Waals surface area contributed by atoms with Crippen LogP contribution >= 0.6 is 0 Å². The molecule has 1 N–H and O–H groups in total. The van der Waals surface area contributed by atoms with Crippen LogP contribution in [0.3, 0.4) is 0 Å². The molecule has 0 aliphatic rings. The molecule has 118 valence electrons. The van der Waals surface area contributed by atoms with Crippen LogP contribution in [0.15, 0.2) is 17.0 Å². The highest BCUT2D eigenvalue weighted by molar-refractivity contribution is 7.89. The molecule has 21 heavy (non-hydrogen) atoms. The first-order valence-electron chi connectivity index (χ1n) is 5.68. The molecule has 0 atom stereocenters. The van der Waals surface area contributed by atoms with Gasteiger partial charge < -0.3 is 5.11 Å². The van der Waals surface area contributed by atoms with Crippen molar-refractivity contribution < 1.29 is 27.2 Å². The van der Waals surface area contributed by atoms with E-state index in [0.29, 0.717) is 10.4 Å². The monoisotopic (exact) mass is 324 g/mol. The van der Waals surface area contributed by atoms with Crippen LogP contribution in [0.5, 0.6) is 0 Å². The molecule has 0 aromatic heterocycles. The molecule has 0 amide bonds. The Morgan fingerprint density at radius 2 is 1.86 bits per heavy atom. The van der Waals surface area contributed by atoms with Crippen molar-refractivity contribution in [3.8, 4) is 0 Å². The summed E-state index contributed by atoms with van der Waals surface area (Å²) in [6.07, 6.45) is 0. The van der Waals surface area contributed by atoms with Crippen LogP contribution in [0.25, 0.3) is 0 Å². The van der Waals surface area contributed by atoms with Crippen LogP contribution in [-0.4, -0.2) is 41.9 Å². The van der Waals surface area contributed by atoms with Crippen molar-refractivity contribution >= 4 is 15.7 Å². The molecule has 10 heteroatoms. The van der Waals surface area contributed by atoms with E-state index in [-0.39, 0.29) is 12.6 Å². The molecule has 7 nitrogen and oxygen atoms in total. The lowest BCUT2D eigenvalue weighted by Crippen LogP contribution is -2.40. The zero-order chi connectivity index (χ0) is 16.6. The first-order valence-corrected chi connectivity index (χ1v) is 7.12. The van der Waals surface area contributed by atoms with E-state index in [1.54, 1.807) is 0 Å². The van der Waals surface area contributed by atoms with Gasteiger partial charge in [-0.25, -0.2) is 12.8 Å². The third kappa shape index (κ3) is 3.93. The zero-order valence-corrected chi connectivity index (χ0v) is 12.3. The van der Waals surface area contributed by atoms with E-state index >= 15 is 0 Å². The summed E-state index contributed by atoms with van der Waals surface area (Å²) in [7, 11) is -3.38. The number of hydrogen-bond acceptors (Lipinski definition) is 5. The first-order chi connectivity index (χ1) is 9.36. The number of aliphatic hydroxyl groups is 1. The molecule has 0 aliphatic carbocycles. The average molecular weight is 324 g/mol. The average Bonchev–Trinajstić information content (AvgIpc) is 2.25. The normalized spacial score (nSPS) is 12.7. The van der Waals surface area contributed by atoms with Crippen molar-refractivity contribution in [2.75, 3.05) is 13.6 Å². The molecule has 0 spiro atoms. The van der Waals surface area contributed by atoms with Gasteiger partial charge in [0.15, 0.2) is 0 Å². The van der Waals surface area contributed by atoms with Gasteiger partial charge in [0, 0.05) is 25.7 Å². The molecule has 1 aromatic carbocycles. The Morgan fingerprint density at radius 1 is 1.33 bits per heavy atom. The van der Waals surface area contributed by atoms with Crippen LogP contribution in [-0.2, 0) is 10.0 Å². The maximum absolute atomic E-state index is 13.7. The Hall–Kier alpha value is -1.65. The Morgan fingerprint density at radius 3 is 2.29 bits per heavy atom. The largest absolute Gasteiger partial charge is 0.389 e. The number of nitro groups is 1. The highest BCUT2D eigenvalue weighted by atomic mass is 32.2. The van der Waals surface area contributed by atoms with Gasteiger partial charge in [0.1, 0.15) is 10.7 Å². The van der Waals surface area contributed by atoms with Gasteiger partial charge in [-0.15, -0.1) is 0 Å². The molecule has 0 saturated heterocycles. The summed E-state index contributed by atoms with van der Waals surface area (Å²) in [5.74, 6) is -2.91. The summed E-state index contributed by atoms with van der Waals surface area (Å²) in [6, 6.07) is 0.462. The van der Waals surface area contributed by atoms with Gasteiger partial charge in [-0.1, -0.05) is 0 Å². The smallest absolute Gasteiger partial charge is 0.306 e. The fourth-order valence-electron chi connectivity index (χ4n) is 1.65. The fourth-order valence-corrected chi connectivity index (χ4v) is 3.04. The van der Waals surface area contributed by atoms with Gasteiger partial charge in [0.25, 0.3) is 0 Å². The number of sulfonamides is 1.